The number of aromatic nitrogens is 3. The highest BCUT2D eigenvalue weighted by Gasteiger charge is 2.30. The molecule has 0 atom stereocenters. The fourth-order valence-electron chi connectivity index (χ4n) is 1.83. The molecule has 2 aromatic rings. The van der Waals surface area contributed by atoms with Crippen molar-refractivity contribution >= 4 is 23.5 Å². The van der Waals surface area contributed by atoms with Crippen molar-refractivity contribution in [2.45, 2.75) is 19.6 Å². The monoisotopic (exact) mass is 357 g/mol. The number of hydrogen-bond acceptors (Lipinski definition) is 5. The first-order valence-corrected chi connectivity index (χ1v) is 7.09. The fourth-order valence-corrected chi connectivity index (χ4v) is 1.83. The van der Waals surface area contributed by atoms with Gasteiger partial charge in [-0.2, -0.15) is 13.2 Å². The van der Waals surface area contributed by atoms with Gasteiger partial charge in [-0.25, -0.2) is 9.48 Å². The zero-order valence-electron chi connectivity index (χ0n) is 13.0. The zero-order valence-corrected chi connectivity index (χ0v) is 13.0. The summed E-state index contributed by atoms with van der Waals surface area (Å²) in [6.45, 7) is 1.52. The summed E-state index contributed by atoms with van der Waals surface area (Å²) < 4.78 is 43.7. The summed E-state index contributed by atoms with van der Waals surface area (Å²) in [7, 11) is 0. The molecule has 0 radical (unpaired) electrons. The minimum atomic E-state index is -4.50. The van der Waals surface area contributed by atoms with E-state index in [9.17, 15) is 22.8 Å². The Morgan fingerprint density at radius 1 is 1.28 bits per heavy atom. The highest BCUT2D eigenvalue weighted by atomic mass is 19.4. The second-order valence-corrected chi connectivity index (χ2v) is 4.77. The minimum absolute atomic E-state index is 0.00446. The molecular weight excluding hydrogens is 343 g/mol. The molecule has 2 N–H and O–H groups in total. The highest BCUT2D eigenvalue weighted by molar-refractivity contribution is 5.90. The number of carbonyl (C=O) groups excluding carboxylic acids is 2. The summed E-state index contributed by atoms with van der Waals surface area (Å²) in [4.78, 5) is 23.1. The lowest BCUT2D eigenvalue weighted by molar-refractivity contribution is -0.137. The van der Waals surface area contributed by atoms with Gasteiger partial charge < -0.3 is 10.1 Å². The van der Waals surface area contributed by atoms with Gasteiger partial charge >= 0.3 is 12.3 Å². The Balaban J connectivity index is 1.95. The van der Waals surface area contributed by atoms with Gasteiger partial charge in [0.1, 0.15) is 6.54 Å². The molecule has 2 rings (SSSR count). The lowest BCUT2D eigenvalue weighted by atomic mass is 10.2. The van der Waals surface area contributed by atoms with Gasteiger partial charge in [0, 0.05) is 5.69 Å². The van der Waals surface area contributed by atoms with Crippen LogP contribution >= 0.6 is 0 Å². The van der Waals surface area contributed by atoms with Gasteiger partial charge in [0.2, 0.25) is 5.91 Å². The Morgan fingerprint density at radius 2 is 2.04 bits per heavy atom. The number of anilines is 2. The third-order valence-corrected chi connectivity index (χ3v) is 2.82. The van der Waals surface area contributed by atoms with Crippen LogP contribution in [0, 0.1) is 0 Å². The third kappa shape index (κ3) is 5.48. The van der Waals surface area contributed by atoms with Crippen LogP contribution in [0.5, 0.6) is 0 Å². The number of nitrogens with one attached hydrogen (secondary N) is 2. The highest BCUT2D eigenvalue weighted by Crippen LogP contribution is 2.30. The van der Waals surface area contributed by atoms with Gasteiger partial charge in [-0.05, 0) is 25.1 Å². The van der Waals surface area contributed by atoms with Crippen molar-refractivity contribution in [2.75, 3.05) is 17.2 Å². The number of benzene rings is 1. The summed E-state index contributed by atoms with van der Waals surface area (Å²) in [5, 5.41) is 11.9. The Hall–Kier alpha value is -3.11. The smallest absolute Gasteiger partial charge is 0.416 e. The SMILES string of the molecule is CCOC(=O)Nc1cn(CC(=O)Nc2cccc(C(F)(F)F)c2)nn1. The van der Waals surface area contributed by atoms with E-state index in [4.69, 9.17) is 0 Å². The van der Waals surface area contributed by atoms with Crippen molar-refractivity contribution in [1.29, 1.82) is 0 Å². The molecule has 134 valence electrons. The van der Waals surface area contributed by atoms with E-state index >= 15 is 0 Å². The first-order chi connectivity index (χ1) is 11.8. The molecule has 0 unspecified atom stereocenters. The van der Waals surface area contributed by atoms with E-state index in [0.29, 0.717) is 0 Å². The van der Waals surface area contributed by atoms with Crippen LogP contribution in [0.25, 0.3) is 0 Å². The molecule has 1 aromatic carbocycles. The lowest BCUT2D eigenvalue weighted by Gasteiger charge is -2.09. The topological polar surface area (TPSA) is 98.1 Å². The summed E-state index contributed by atoms with van der Waals surface area (Å²) in [6.07, 6.45) is -3.94. The average Bonchev–Trinajstić information content (AvgIpc) is 2.93. The molecule has 11 heteroatoms. The van der Waals surface area contributed by atoms with Crippen molar-refractivity contribution in [3.63, 3.8) is 0 Å². The van der Waals surface area contributed by atoms with E-state index in [-0.39, 0.29) is 24.7 Å². The first-order valence-electron chi connectivity index (χ1n) is 7.09. The predicted molar refractivity (Wildman–Crippen MR) is 80.7 cm³/mol. The number of amides is 2. The molecule has 0 fully saturated rings. The van der Waals surface area contributed by atoms with Crippen LogP contribution in [0.4, 0.5) is 29.5 Å². The summed E-state index contributed by atoms with van der Waals surface area (Å²) in [6, 6.07) is 4.25. The molecule has 8 nitrogen and oxygen atoms in total. The number of hydrogen-bond donors (Lipinski definition) is 2. The molecular formula is C14H14F3N5O3. The Kier molecular flexibility index (Phi) is 5.57. The van der Waals surface area contributed by atoms with Crippen LogP contribution in [-0.2, 0) is 22.3 Å². The number of ether oxygens (including phenoxy) is 1. The van der Waals surface area contributed by atoms with Crippen LogP contribution < -0.4 is 10.6 Å². The molecule has 0 bridgehead atoms. The molecule has 25 heavy (non-hydrogen) atoms. The molecule has 0 aliphatic carbocycles. The van der Waals surface area contributed by atoms with Gasteiger partial charge in [0.05, 0.1) is 18.4 Å². The van der Waals surface area contributed by atoms with E-state index < -0.39 is 23.7 Å². The van der Waals surface area contributed by atoms with Gasteiger partial charge in [0.25, 0.3) is 0 Å². The first kappa shape index (κ1) is 18.2. The van der Waals surface area contributed by atoms with Crippen molar-refractivity contribution < 1.29 is 27.5 Å². The number of carbonyl (C=O) groups is 2. The van der Waals surface area contributed by atoms with Gasteiger partial charge in [-0.3, -0.25) is 10.1 Å². The number of alkyl halides is 3. The van der Waals surface area contributed by atoms with Crippen LogP contribution in [-0.4, -0.2) is 33.6 Å². The van der Waals surface area contributed by atoms with E-state index in [1.807, 2.05) is 0 Å². The van der Waals surface area contributed by atoms with Gasteiger partial charge in [0.15, 0.2) is 5.82 Å². The molecule has 0 saturated heterocycles. The molecule has 0 saturated carbocycles. The third-order valence-electron chi connectivity index (χ3n) is 2.82. The maximum Gasteiger partial charge on any atom is 0.416 e. The standard InChI is InChI=1S/C14H14F3N5O3/c1-2-25-13(24)19-11-7-22(21-20-11)8-12(23)18-10-5-3-4-9(6-10)14(15,16)17/h3-7H,2,8H2,1H3,(H,18,23)(H,19,24). The molecule has 0 spiro atoms. The van der Waals surface area contributed by atoms with Crippen LogP contribution in [0.1, 0.15) is 12.5 Å². The van der Waals surface area contributed by atoms with Crippen molar-refractivity contribution in [2.24, 2.45) is 0 Å². The minimum Gasteiger partial charge on any atom is -0.450 e. The summed E-state index contributed by atoms with van der Waals surface area (Å²) in [5.41, 5.74) is -0.864. The lowest BCUT2D eigenvalue weighted by Crippen LogP contribution is -2.19. The largest absolute Gasteiger partial charge is 0.450 e. The van der Waals surface area contributed by atoms with Crippen molar-refractivity contribution in [3.05, 3.63) is 36.0 Å². The summed E-state index contributed by atoms with van der Waals surface area (Å²) >= 11 is 0. The Morgan fingerprint density at radius 3 is 2.72 bits per heavy atom. The second kappa shape index (κ2) is 7.64. The number of halogens is 3. The average molecular weight is 357 g/mol. The normalized spacial score (nSPS) is 11.0. The maximum atomic E-state index is 12.6. The second-order valence-electron chi connectivity index (χ2n) is 4.77. The van der Waals surface area contributed by atoms with Crippen molar-refractivity contribution in [1.82, 2.24) is 15.0 Å². The summed E-state index contributed by atoms with van der Waals surface area (Å²) in [5.74, 6) is -0.530. The molecule has 1 heterocycles. The zero-order chi connectivity index (χ0) is 18.4. The van der Waals surface area contributed by atoms with Gasteiger partial charge in [-0.1, -0.05) is 11.3 Å². The van der Waals surface area contributed by atoms with E-state index in [2.05, 4.69) is 25.7 Å². The number of nitrogens with zero attached hydrogens (tertiary/aromatic N) is 3. The van der Waals surface area contributed by atoms with Gasteiger partial charge in [-0.15, -0.1) is 5.10 Å². The predicted octanol–water partition coefficient (Wildman–Crippen LogP) is 2.50. The number of rotatable bonds is 5. The van der Waals surface area contributed by atoms with E-state index in [1.165, 1.54) is 18.3 Å². The van der Waals surface area contributed by atoms with E-state index in [1.54, 1.807) is 6.92 Å². The van der Waals surface area contributed by atoms with E-state index in [0.717, 1.165) is 16.8 Å². The molecule has 2 amide bonds. The Labute approximate surface area is 140 Å². The van der Waals surface area contributed by atoms with Crippen molar-refractivity contribution in [3.8, 4) is 0 Å². The molecule has 0 aliphatic heterocycles. The van der Waals surface area contributed by atoms with Crippen LogP contribution in [0.3, 0.4) is 0 Å². The quantitative estimate of drug-likeness (QED) is 0.857. The Bertz CT molecular complexity index is 760. The molecule has 1 aromatic heterocycles. The van der Waals surface area contributed by atoms with Crippen LogP contribution in [0.15, 0.2) is 30.5 Å². The maximum absolute atomic E-state index is 12.6. The molecule has 0 aliphatic rings. The fraction of sp³-hybridized carbons (Fsp3) is 0.286. The van der Waals surface area contributed by atoms with Crippen LogP contribution in [0.2, 0.25) is 0 Å².